The normalized spacial score (nSPS) is 10.8. The number of aromatic nitrogens is 2. The van der Waals surface area contributed by atoms with Crippen molar-refractivity contribution in [3.63, 3.8) is 0 Å². The Balaban J connectivity index is 2.21. The number of rotatable bonds is 6. The Bertz CT molecular complexity index is 278. The van der Waals surface area contributed by atoms with Crippen molar-refractivity contribution in [2.24, 2.45) is 7.05 Å². The van der Waals surface area contributed by atoms with Gasteiger partial charge in [0.1, 0.15) is 0 Å². The molecule has 0 amide bonds. The molecular weight excluding hydrogens is 220 g/mol. The van der Waals surface area contributed by atoms with Crippen molar-refractivity contribution in [2.75, 3.05) is 24.8 Å². The minimum Gasteiger partial charge on any atom is -0.379 e. The van der Waals surface area contributed by atoms with Gasteiger partial charge in [0, 0.05) is 18.7 Å². The van der Waals surface area contributed by atoms with Gasteiger partial charge >= 0.3 is 0 Å². The zero-order chi connectivity index (χ0) is 10.4. The topological polar surface area (TPSA) is 27.1 Å². The third-order valence-electron chi connectivity index (χ3n) is 1.66. The van der Waals surface area contributed by atoms with Gasteiger partial charge in [-0.25, -0.2) is 0 Å². The fourth-order valence-corrected chi connectivity index (χ4v) is 2.08. The van der Waals surface area contributed by atoms with Crippen LogP contribution in [0.4, 0.5) is 0 Å². The molecule has 3 nitrogen and oxygen atoms in total. The third kappa shape index (κ3) is 3.90. The number of alkyl halides is 1. The van der Waals surface area contributed by atoms with Gasteiger partial charge < -0.3 is 4.74 Å². The first kappa shape index (κ1) is 11.9. The second kappa shape index (κ2) is 6.32. The van der Waals surface area contributed by atoms with Crippen LogP contribution in [0.1, 0.15) is 5.69 Å². The molecule has 14 heavy (non-hydrogen) atoms. The summed E-state index contributed by atoms with van der Waals surface area (Å²) in [6.07, 6.45) is 0. The van der Waals surface area contributed by atoms with Gasteiger partial charge in [-0.1, -0.05) is 0 Å². The molecule has 0 N–H and O–H groups in total. The summed E-state index contributed by atoms with van der Waals surface area (Å²) < 4.78 is 7.16. The molecule has 0 aliphatic carbocycles. The number of nitrogens with zero attached hydrogens (tertiary/aromatic N) is 2. The molecular formula is C9H15ClN2OS. The molecule has 0 spiro atoms. The molecule has 0 fully saturated rings. The molecule has 5 heteroatoms. The van der Waals surface area contributed by atoms with Crippen LogP contribution in [0.5, 0.6) is 0 Å². The molecule has 0 unspecified atom stereocenters. The summed E-state index contributed by atoms with van der Waals surface area (Å²) in [6.45, 7) is 3.36. The van der Waals surface area contributed by atoms with E-state index in [0.717, 1.165) is 18.1 Å². The van der Waals surface area contributed by atoms with Crippen LogP contribution in [0.25, 0.3) is 0 Å². The minimum atomic E-state index is 0.565. The van der Waals surface area contributed by atoms with Crippen LogP contribution in [0, 0.1) is 6.92 Å². The number of hydrogen-bond acceptors (Lipinski definition) is 3. The van der Waals surface area contributed by atoms with E-state index in [1.54, 1.807) is 11.8 Å². The summed E-state index contributed by atoms with van der Waals surface area (Å²) in [4.78, 5) is 0. The highest BCUT2D eigenvalue weighted by atomic mass is 35.5. The van der Waals surface area contributed by atoms with Crippen LogP contribution in [-0.2, 0) is 11.8 Å². The smallest absolute Gasteiger partial charge is 0.0940 e. The Morgan fingerprint density at radius 2 is 2.36 bits per heavy atom. The summed E-state index contributed by atoms with van der Waals surface area (Å²) in [5.41, 5.74) is 1.05. The highest BCUT2D eigenvalue weighted by Gasteiger charge is 2.01. The molecule has 0 saturated carbocycles. The zero-order valence-corrected chi connectivity index (χ0v) is 10.1. The van der Waals surface area contributed by atoms with Gasteiger partial charge in [-0.15, -0.1) is 23.4 Å². The minimum absolute atomic E-state index is 0.565. The molecule has 0 aromatic carbocycles. The van der Waals surface area contributed by atoms with Gasteiger partial charge in [-0.3, -0.25) is 4.68 Å². The highest BCUT2D eigenvalue weighted by molar-refractivity contribution is 7.99. The van der Waals surface area contributed by atoms with E-state index < -0.39 is 0 Å². The Morgan fingerprint density at radius 3 is 2.93 bits per heavy atom. The average Bonchev–Trinajstić information content (AvgIpc) is 2.45. The molecule has 1 rings (SSSR count). The first-order valence-corrected chi connectivity index (χ1v) is 6.03. The number of ether oxygens (including phenoxy) is 1. The van der Waals surface area contributed by atoms with Gasteiger partial charge in [-0.05, 0) is 13.0 Å². The van der Waals surface area contributed by atoms with Crippen molar-refractivity contribution in [3.8, 4) is 0 Å². The van der Waals surface area contributed by atoms with Gasteiger partial charge in [-0.2, -0.15) is 5.10 Å². The number of aryl methyl sites for hydroxylation is 2. The molecule has 1 aromatic rings. The first-order chi connectivity index (χ1) is 6.74. The molecule has 0 atom stereocenters. The maximum absolute atomic E-state index is 5.48. The first-order valence-electron chi connectivity index (χ1n) is 4.51. The van der Waals surface area contributed by atoms with Crippen molar-refractivity contribution in [1.29, 1.82) is 0 Å². The third-order valence-corrected chi connectivity index (χ3v) is 2.86. The molecule has 0 bridgehead atoms. The summed E-state index contributed by atoms with van der Waals surface area (Å²) in [6, 6.07) is 2.08. The van der Waals surface area contributed by atoms with E-state index in [1.807, 2.05) is 18.7 Å². The second-order valence-electron chi connectivity index (χ2n) is 2.90. The Hall–Kier alpha value is -0.190. The lowest BCUT2D eigenvalue weighted by Crippen LogP contribution is -2.01. The largest absolute Gasteiger partial charge is 0.379 e. The standard InChI is InChI=1S/C9H15ClN2OS/c1-8-7-9(12(2)11-8)14-6-5-13-4-3-10/h7H,3-6H2,1-2H3. The molecule has 0 aliphatic rings. The van der Waals surface area contributed by atoms with Crippen LogP contribution in [0.15, 0.2) is 11.1 Å². The van der Waals surface area contributed by atoms with E-state index >= 15 is 0 Å². The van der Waals surface area contributed by atoms with Crippen LogP contribution in [0.2, 0.25) is 0 Å². The molecule has 1 aromatic heterocycles. The maximum atomic E-state index is 5.48. The van der Waals surface area contributed by atoms with Crippen molar-refractivity contribution < 1.29 is 4.74 Å². The second-order valence-corrected chi connectivity index (χ2v) is 4.39. The predicted molar refractivity (Wildman–Crippen MR) is 60.2 cm³/mol. The quantitative estimate of drug-likeness (QED) is 0.429. The van der Waals surface area contributed by atoms with Crippen LogP contribution in [0.3, 0.4) is 0 Å². The average molecular weight is 235 g/mol. The summed E-state index contributed by atoms with van der Waals surface area (Å²) in [5, 5.41) is 5.44. The van der Waals surface area contributed by atoms with Gasteiger partial charge in [0.15, 0.2) is 0 Å². The predicted octanol–water partition coefficient (Wildman–Crippen LogP) is 2.08. The van der Waals surface area contributed by atoms with Gasteiger partial charge in [0.2, 0.25) is 0 Å². The highest BCUT2D eigenvalue weighted by Crippen LogP contribution is 2.17. The van der Waals surface area contributed by atoms with Crippen molar-refractivity contribution in [2.45, 2.75) is 11.9 Å². The van der Waals surface area contributed by atoms with Gasteiger partial charge in [0.05, 0.1) is 23.9 Å². The zero-order valence-electron chi connectivity index (χ0n) is 8.49. The molecule has 1 heterocycles. The number of halogens is 1. The Morgan fingerprint density at radius 1 is 1.57 bits per heavy atom. The molecule has 0 aliphatic heterocycles. The lowest BCUT2D eigenvalue weighted by atomic mass is 10.5. The van der Waals surface area contributed by atoms with Crippen LogP contribution < -0.4 is 0 Å². The van der Waals surface area contributed by atoms with Crippen LogP contribution in [-0.4, -0.2) is 34.6 Å². The maximum Gasteiger partial charge on any atom is 0.0940 e. The lowest BCUT2D eigenvalue weighted by Gasteiger charge is -2.02. The molecule has 0 radical (unpaired) electrons. The fourth-order valence-electron chi connectivity index (χ4n) is 1.08. The van der Waals surface area contributed by atoms with E-state index in [4.69, 9.17) is 16.3 Å². The Labute approximate surface area is 93.8 Å². The van der Waals surface area contributed by atoms with E-state index in [9.17, 15) is 0 Å². The molecule has 0 saturated heterocycles. The number of thioether (sulfide) groups is 1. The van der Waals surface area contributed by atoms with E-state index in [2.05, 4.69) is 11.2 Å². The van der Waals surface area contributed by atoms with Crippen molar-refractivity contribution in [3.05, 3.63) is 11.8 Å². The summed E-state index contributed by atoms with van der Waals surface area (Å²) >= 11 is 7.23. The van der Waals surface area contributed by atoms with E-state index in [-0.39, 0.29) is 0 Å². The summed E-state index contributed by atoms with van der Waals surface area (Å²) in [7, 11) is 1.95. The monoisotopic (exact) mass is 234 g/mol. The molecule has 80 valence electrons. The summed E-state index contributed by atoms with van der Waals surface area (Å²) in [5.74, 6) is 1.51. The van der Waals surface area contributed by atoms with Crippen molar-refractivity contribution in [1.82, 2.24) is 9.78 Å². The Kier molecular flexibility index (Phi) is 5.37. The van der Waals surface area contributed by atoms with E-state index in [0.29, 0.717) is 12.5 Å². The van der Waals surface area contributed by atoms with Crippen LogP contribution >= 0.6 is 23.4 Å². The lowest BCUT2D eigenvalue weighted by molar-refractivity contribution is 0.166. The number of hydrogen-bond donors (Lipinski definition) is 0. The fraction of sp³-hybridized carbons (Fsp3) is 0.667. The van der Waals surface area contributed by atoms with Gasteiger partial charge in [0.25, 0.3) is 0 Å². The SMILES string of the molecule is Cc1cc(SCCOCCCl)n(C)n1. The van der Waals surface area contributed by atoms with E-state index in [1.165, 1.54) is 5.03 Å². The van der Waals surface area contributed by atoms with Crippen molar-refractivity contribution >= 4 is 23.4 Å².